The molecule has 0 aromatic rings. The molecule has 0 saturated carbocycles. The first-order chi connectivity index (χ1) is 8.65. The Morgan fingerprint density at radius 3 is 2.06 bits per heavy atom. The van der Waals surface area contributed by atoms with E-state index in [9.17, 15) is 0 Å². The van der Waals surface area contributed by atoms with Crippen molar-refractivity contribution in [1.82, 2.24) is 5.32 Å². The first-order valence-corrected chi connectivity index (χ1v) is 8.38. The van der Waals surface area contributed by atoms with Gasteiger partial charge in [-0.15, -0.1) is 0 Å². The summed E-state index contributed by atoms with van der Waals surface area (Å²) in [5, 5.41) is 3.80. The maximum absolute atomic E-state index is 3.80. The van der Waals surface area contributed by atoms with Gasteiger partial charge in [0.25, 0.3) is 0 Å². The summed E-state index contributed by atoms with van der Waals surface area (Å²) >= 11 is 0. The minimum atomic E-state index is 0.764. The molecule has 1 N–H and O–H groups in total. The molecule has 18 heavy (non-hydrogen) atoms. The maximum atomic E-state index is 3.80. The molecule has 0 amide bonds. The second kappa shape index (κ2) is 12.0. The standard InChI is InChI=1S/C17H37N/c1-6-9-12-16(8-3)17(18-14-7-2)13-10-11-15(4)5/h15-18H,6-14H2,1-5H3. The van der Waals surface area contributed by atoms with Crippen LogP contribution in [0.3, 0.4) is 0 Å². The SMILES string of the molecule is CCCCC(CC)C(CCCC(C)C)NCCC. The van der Waals surface area contributed by atoms with E-state index in [1.165, 1.54) is 57.9 Å². The Hall–Kier alpha value is -0.0400. The van der Waals surface area contributed by atoms with Crippen LogP contribution in [0.25, 0.3) is 0 Å². The number of hydrogen-bond acceptors (Lipinski definition) is 1. The molecule has 0 saturated heterocycles. The number of hydrogen-bond donors (Lipinski definition) is 1. The second-order valence-electron chi connectivity index (χ2n) is 6.20. The van der Waals surface area contributed by atoms with Crippen LogP contribution in [0, 0.1) is 11.8 Å². The van der Waals surface area contributed by atoms with Crippen LogP contribution in [0.1, 0.15) is 86.0 Å². The van der Waals surface area contributed by atoms with E-state index >= 15 is 0 Å². The normalized spacial score (nSPS) is 15.0. The summed E-state index contributed by atoms with van der Waals surface area (Å²) in [4.78, 5) is 0. The molecule has 0 aromatic heterocycles. The lowest BCUT2D eigenvalue weighted by molar-refractivity contribution is 0.293. The third-order valence-corrected chi connectivity index (χ3v) is 3.98. The molecule has 0 aliphatic heterocycles. The number of unbranched alkanes of at least 4 members (excludes halogenated alkanes) is 1. The first kappa shape index (κ1) is 18.0. The molecule has 0 bridgehead atoms. The predicted octanol–water partition coefficient (Wildman–Crippen LogP) is 5.40. The Kier molecular flexibility index (Phi) is 12.0. The zero-order chi connectivity index (χ0) is 13.8. The monoisotopic (exact) mass is 255 g/mol. The van der Waals surface area contributed by atoms with E-state index in [1.807, 2.05) is 0 Å². The number of rotatable bonds is 12. The molecule has 2 unspecified atom stereocenters. The van der Waals surface area contributed by atoms with Gasteiger partial charge >= 0.3 is 0 Å². The van der Waals surface area contributed by atoms with Gasteiger partial charge in [-0.2, -0.15) is 0 Å². The Morgan fingerprint density at radius 2 is 1.56 bits per heavy atom. The molecule has 0 aliphatic carbocycles. The Bertz CT molecular complexity index is 165. The van der Waals surface area contributed by atoms with Gasteiger partial charge in [-0.1, -0.05) is 66.7 Å². The van der Waals surface area contributed by atoms with Crippen molar-refractivity contribution >= 4 is 0 Å². The number of nitrogens with one attached hydrogen (secondary N) is 1. The minimum Gasteiger partial charge on any atom is -0.314 e. The summed E-state index contributed by atoms with van der Waals surface area (Å²) in [5.41, 5.74) is 0. The molecule has 0 aromatic carbocycles. The van der Waals surface area contributed by atoms with E-state index in [2.05, 4.69) is 39.9 Å². The van der Waals surface area contributed by atoms with Crippen molar-refractivity contribution < 1.29 is 0 Å². The highest BCUT2D eigenvalue weighted by Crippen LogP contribution is 2.22. The van der Waals surface area contributed by atoms with Gasteiger partial charge in [-0.3, -0.25) is 0 Å². The first-order valence-electron chi connectivity index (χ1n) is 8.38. The Balaban J connectivity index is 4.14. The van der Waals surface area contributed by atoms with Gasteiger partial charge in [0, 0.05) is 6.04 Å². The summed E-state index contributed by atoms with van der Waals surface area (Å²) < 4.78 is 0. The van der Waals surface area contributed by atoms with Crippen LogP contribution in [0.5, 0.6) is 0 Å². The van der Waals surface area contributed by atoms with E-state index in [1.54, 1.807) is 0 Å². The second-order valence-corrected chi connectivity index (χ2v) is 6.20. The molecule has 0 heterocycles. The largest absolute Gasteiger partial charge is 0.314 e. The van der Waals surface area contributed by atoms with Gasteiger partial charge in [0.1, 0.15) is 0 Å². The van der Waals surface area contributed by atoms with Crippen LogP contribution in [-0.2, 0) is 0 Å². The van der Waals surface area contributed by atoms with E-state index in [-0.39, 0.29) is 0 Å². The molecule has 1 nitrogen and oxygen atoms in total. The van der Waals surface area contributed by atoms with E-state index in [0.717, 1.165) is 17.9 Å². The summed E-state index contributed by atoms with van der Waals surface area (Å²) in [6.07, 6.45) is 10.9. The molecule has 110 valence electrons. The van der Waals surface area contributed by atoms with Crippen molar-refractivity contribution in [3.05, 3.63) is 0 Å². The molecule has 0 rings (SSSR count). The van der Waals surface area contributed by atoms with E-state index in [4.69, 9.17) is 0 Å². The smallest absolute Gasteiger partial charge is 0.00952 e. The van der Waals surface area contributed by atoms with Gasteiger partial charge in [-0.25, -0.2) is 0 Å². The quantitative estimate of drug-likeness (QED) is 0.492. The lowest BCUT2D eigenvalue weighted by atomic mass is 9.87. The summed E-state index contributed by atoms with van der Waals surface area (Å²) in [6.45, 7) is 12.8. The molecular weight excluding hydrogens is 218 g/mol. The van der Waals surface area contributed by atoms with Crippen LogP contribution in [0.4, 0.5) is 0 Å². The van der Waals surface area contributed by atoms with Crippen molar-refractivity contribution in [3.8, 4) is 0 Å². The summed E-state index contributed by atoms with van der Waals surface area (Å²) in [7, 11) is 0. The molecule has 1 heteroatoms. The minimum absolute atomic E-state index is 0.764. The van der Waals surface area contributed by atoms with Gasteiger partial charge < -0.3 is 5.32 Å². The van der Waals surface area contributed by atoms with Crippen molar-refractivity contribution in [2.24, 2.45) is 11.8 Å². The van der Waals surface area contributed by atoms with Gasteiger partial charge in [0.05, 0.1) is 0 Å². The topological polar surface area (TPSA) is 12.0 Å². The average molecular weight is 255 g/mol. The van der Waals surface area contributed by atoms with Crippen LogP contribution in [0.15, 0.2) is 0 Å². The molecule has 2 atom stereocenters. The molecule has 0 aliphatic rings. The van der Waals surface area contributed by atoms with Crippen LogP contribution >= 0.6 is 0 Å². The van der Waals surface area contributed by atoms with E-state index in [0.29, 0.717) is 0 Å². The predicted molar refractivity (Wildman–Crippen MR) is 84.1 cm³/mol. The molecule has 0 spiro atoms. The highest BCUT2D eigenvalue weighted by molar-refractivity contribution is 4.76. The fourth-order valence-electron chi connectivity index (χ4n) is 2.74. The lowest BCUT2D eigenvalue weighted by Crippen LogP contribution is -2.36. The van der Waals surface area contributed by atoms with Crippen LogP contribution in [0.2, 0.25) is 0 Å². The fourth-order valence-corrected chi connectivity index (χ4v) is 2.74. The van der Waals surface area contributed by atoms with Crippen molar-refractivity contribution in [2.75, 3.05) is 6.54 Å². The van der Waals surface area contributed by atoms with Gasteiger partial charge in [-0.05, 0) is 37.6 Å². The summed E-state index contributed by atoms with van der Waals surface area (Å²) in [5.74, 6) is 1.75. The van der Waals surface area contributed by atoms with Crippen LogP contribution < -0.4 is 5.32 Å². The van der Waals surface area contributed by atoms with Crippen molar-refractivity contribution in [1.29, 1.82) is 0 Å². The third kappa shape index (κ3) is 8.97. The fraction of sp³-hybridized carbons (Fsp3) is 1.00. The van der Waals surface area contributed by atoms with Crippen LogP contribution in [-0.4, -0.2) is 12.6 Å². The Morgan fingerprint density at radius 1 is 0.833 bits per heavy atom. The van der Waals surface area contributed by atoms with Crippen molar-refractivity contribution in [3.63, 3.8) is 0 Å². The zero-order valence-electron chi connectivity index (χ0n) is 13.6. The van der Waals surface area contributed by atoms with E-state index < -0.39 is 0 Å². The Labute approximate surface area is 116 Å². The highest BCUT2D eigenvalue weighted by atomic mass is 14.9. The average Bonchev–Trinajstić information content (AvgIpc) is 2.35. The molecule has 0 fully saturated rings. The van der Waals surface area contributed by atoms with Crippen molar-refractivity contribution in [2.45, 2.75) is 92.0 Å². The highest BCUT2D eigenvalue weighted by Gasteiger charge is 2.18. The molecular formula is C17H37N. The zero-order valence-corrected chi connectivity index (χ0v) is 13.6. The maximum Gasteiger partial charge on any atom is 0.00952 e. The van der Waals surface area contributed by atoms with Gasteiger partial charge in [0.2, 0.25) is 0 Å². The van der Waals surface area contributed by atoms with Gasteiger partial charge in [0.15, 0.2) is 0 Å². The lowest BCUT2D eigenvalue weighted by Gasteiger charge is -2.28. The molecule has 0 radical (unpaired) electrons. The third-order valence-electron chi connectivity index (χ3n) is 3.98. The summed E-state index contributed by atoms with van der Waals surface area (Å²) in [6, 6.07) is 0.764.